The number of aromatic nitrogens is 2. The van der Waals surface area contributed by atoms with Crippen molar-refractivity contribution in [1.82, 2.24) is 9.97 Å². The molecule has 1 aromatic carbocycles. The Kier molecular flexibility index (Phi) is 5.15. The number of anilines is 2. The summed E-state index contributed by atoms with van der Waals surface area (Å²) in [6.07, 6.45) is 7.68. The number of nitriles is 1. The van der Waals surface area contributed by atoms with Crippen molar-refractivity contribution in [3.8, 4) is 11.8 Å². The molecule has 8 heteroatoms. The minimum atomic E-state index is 0.152. The van der Waals surface area contributed by atoms with Crippen LogP contribution in [0.1, 0.15) is 43.2 Å². The third kappa shape index (κ3) is 3.90. The smallest absolute Gasteiger partial charge is 0.224 e. The van der Waals surface area contributed by atoms with E-state index in [9.17, 15) is 10.4 Å². The van der Waals surface area contributed by atoms with Gasteiger partial charge in [-0.05, 0) is 79.0 Å². The molecule has 31 heavy (non-hydrogen) atoms. The molecule has 0 saturated heterocycles. The Morgan fingerprint density at radius 3 is 2.74 bits per heavy atom. The van der Waals surface area contributed by atoms with Crippen LogP contribution < -0.4 is 16.4 Å². The molecule has 2 aromatic rings. The van der Waals surface area contributed by atoms with Crippen LogP contribution in [0.3, 0.4) is 0 Å². The largest absolute Gasteiger partial charge is 0.508 e. The molecule has 4 aliphatic carbocycles. The zero-order chi connectivity index (χ0) is 21.6. The maximum atomic E-state index is 9.68. The number of aromatic hydroxyl groups is 1. The fraction of sp³-hybridized carbons (Fsp3) is 0.522. The Labute approximate surface area is 187 Å². The van der Waals surface area contributed by atoms with E-state index < -0.39 is 0 Å². The van der Waals surface area contributed by atoms with Crippen molar-refractivity contribution in [3.05, 3.63) is 40.5 Å². The molecular weight excluding hydrogens is 412 g/mol. The lowest BCUT2D eigenvalue weighted by molar-refractivity contribution is -0.0591. The first-order valence-corrected chi connectivity index (χ1v) is 11.3. The van der Waals surface area contributed by atoms with Gasteiger partial charge in [-0.2, -0.15) is 10.2 Å². The summed E-state index contributed by atoms with van der Waals surface area (Å²) in [5.74, 6) is 3.19. The van der Waals surface area contributed by atoms with Gasteiger partial charge in [-0.3, -0.25) is 0 Å². The zero-order valence-electron chi connectivity index (χ0n) is 17.3. The minimum absolute atomic E-state index is 0.152. The SMILES string of the molecule is N#Cc1cnc(NCc2cc(O)ccc2Cl)nc1NCC12CC3C[C@H](C1)C(N)[C@@H](C3)C2. The Bertz CT molecular complexity index is 1020. The first-order chi connectivity index (χ1) is 14.9. The average molecular weight is 439 g/mol. The summed E-state index contributed by atoms with van der Waals surface area (Å²) in [6, 6.07) is 7.35. The summed E-state index contributed by atoms with van der Waals surface area (Å²) in [4.78, 5) is 8.81. The van der Waals surface area contributed by atoms with Crippen LogP contribution in [0.25, 0.3) is 0 Å². The molecule has 162 valence electrons. The van der Waals surface area contributed by atoms with E-state index in [1.165, 1.54) is 38.3 Å². The maximum Gasteiger partial charge on any atom is 0.224 e. The number of benzene rings is 1. The molecule has 6 rings (SSSR count). The molecule has 4 bridgehead atoms. The van der Waals surface area contributed by atoms with E-state index in [-0.39, 0.29) is 11.2 Å². The number of phenols is 1. The van der Waals surface area contributed by atoms with E-state index in [2.05, 4.69) is 26.7 Å². The number of phenolic OH excluding ortho intramolecular Hbond substituents is 1. The quantitative estimate of drug-likeness (QED) is 0.540. The molecule has 1 heterocycles. The van der Waals surface area contributed by atoms with Gasteiger partial charge in [-0.1, -0.05) is 11.6 Å². The lowest BCUT2D eigenvalue weighted by Crippen LogP contribution is -2.58. The second-order valence-corrected chi connectivity index (χ2v) is 10.0. The molecule has 0 amide bonds. The number of nitrogens with one attached hydrogen (secondary N) is 2. The molecule has 4 saturated carbocycles. The fourth-order valence-electron chi connectivity index (χ4n) is 6.27. The van der Waals surface area contributed by atoms with Gasteiger partial charge >= 0.3 is 0 Å². The van der Waals surface area contributed by atoms with Crippen LogP contribution in [-0.2, 0) is 6.54 Å². The highest BCUT2D eigenvalue weighted by Gasteiger charge is 2.54. The van der Waals surface area contributed by atoms with Gasteiger partial charge in [0.1, 0.15) is 23.2 Å². The third-order valence-corrected chi connectivity index (χ3v) is 7.85. The van der Waals surface area contributed by atoms with E-state index in [4.69, 9.17) is 17.3 Å². The molecule has 0 spiro atoms. The van der Waals surface area contributed by atoms with Gasteiger partial charge < -0.3 is 21.5 Å². The Balaban J connectivity index is 1.29. The van der Waals surface area contributed by atoms with Crippen LogP contribution >= 0.6 is 11.6 Å². The fourth-order valence-corrected chi connectivity index (χ4v) is 6.46. The van der Waals surface area contributed by atoms with Gasteiger partial charge in [-0.25, -0.2) is 4.98 Å². The Morgan fingerprint density at radius 1 is 1.23 bits per heavy atom. The van der Waals surface area contributed by atoms with Crippen LogP contribution in [0.4, 0.5) is 11.8 Å². The second-order valence-electron chi connectivity index (χ2n) is 9.60. The highest BCUT2D eigenvalue weighted by molar-refractivity contribution is 6.31. The molecule has 0 radical (unpaired) electrons. The first kappa shape index (κ1) is 20.3. The van der Waals surface area contributed by atoms with Crippen LogP contribution in [-0.4, -0.2) is 27.7 Å². The normalized spacial score (nSPS) is 30.7. The lowest BCUT2D eigenvalue weighted by atomic mass is 9.48. The number of hydrogen-bond acceptors (Lipinski definition) is 7. The Morgan fingerprint density at radius 2 is 2.00 bits per heavy atom. The molecule has 3 unspecified atom stereocenters. The summed E-state index contributed by atoms with van der Waals surface area (Å²) in [7, 11) is 0. The number of halogens is 1. The van der Waals surface area contributed by atoms with Crippen LogP contribution in [0.5, 0.6) is 5.75 Å². The molecule has 0 aliphatic heterocycles. The van der Waals surface area contributed by atoms with Crippen LogP contribution in [0.2, 0.25) is 5.02 Å². The van der Waals surface area contributed by atoms with Gasteiger partial charge in [0, 0.05) is 24.2 Å². The van der Waals surface area contributed by atoms with Gasteiger partial charge in [0.2, 0.25) is 5.95 Å². The van der Waals surface area contributed by atoms with Crippen molar-refractivity contribution >= 4 is 23.4 Å². The number of hydrogen-bond donors (Lipinski definition) is 4. The predicted octanol–water partition coefficient (Wildman–Crippen LogP) is 3.88. The van der Waals surface area contributed by atoms with Crippen molar-refractivity contribution in [3.63, 3.8) is 0 Å². The zero-order valence-corrected chi connectivity index (χ0v) is 18.1. The summed E-state index contributed by atoms with van der Waals surface area (Å²) in [6.45, 7) is 1.18. The number of nitrogens with zero attached hydrogens (tertiary/aromatic N) is 3. The average Bonchev–Trinajstić information content (AvgIpc) is 2.76. The van der Waals surface area contributed by atoms with E-state index in [0.717, 1.165) is 18.0 Å². The minimum Gasteiger partial charge on any atom is -0.508 e. The van der Waals surface area contributed by atoms with Crippen LogP contribution in [0, 0.1) is 34.5 Å². The van der Waals surface area contributed by atoms with Crippen molar-refractivity contribution in [2.75, 3.05) is 17.2 Å². The monoisotopic (exact) mass is 438 g/mol. The number of rotatable bonds is 6. The third-order valence-electron chi connectivity index (χ3n) is 7.48. The predicted molar refractivity (Wildman–Crippen MR) is 120 cm³/mol. The molecule has 7 nitrogen and oxygen atoms in total. The molecule has 5 atom stereocenters. The molecule has 4 aliphatic rings. The van der Waals surface area contributed by atoms with Crippen molar-refractivity contribution in [2.24, 2.45) is 28.9 Å². The van der Waals surface area contributed by atoms with Crippen molar-refractivity contribution in [1.29, 1.82) is 5.26 Å². The van der Waals surface area contributed by atoms with E-state index in [0.29, 0.717) is 46.8 Å². The van der Waals surface area contributed by atoms with E-state index in [1.807, 2.05) is 0 Å². The molecular formula is C23H27ClN6O. The Hall–Kier alpha value is -2.56. The molecule has 5 N–H and O–H groups in total. The topological polar surface area (TPSA) is 120 Å². The van der Waals surface area contributed by atoms with Gasteiger partial charge in [-0.15, -0.1) is 0 Å². The highest BCUT2D eigenvalue weighted by atomic mass is 35.5. The summed E-state index contributed by atoms with van der Waals surface area (Å²) >= 11 is 6.20. The van der Waals surface area contributed by atoms with Crippen LogP contribution in [0.15, 0.2) is 24.4 Å². The van der Waals surface area contributed by atoms with E-state index >= 15 is 0 Å². The maximum absolute atomic E-state index is 9.68. The van der Waals surface area contributed by atoms with Gasteiger partial charge in [0.05, 0.1) is 6.20 Å². The lowest BCUT2D eigenvalue weighted by Gasteiger charge is -2.59. The van der Waals surface area contributed by atoms with Crippen molar-refractivity contribution in [2.45, 2.75) is 44.7 Å². The first-order valence-electron chi connectivity index (χ1n) is 10.9. The van der Waals surface area contributed by atoms with E-state index in [1.54, 1.807) is 18.2 Å². The molecule has 1 aromatic heterocycles. The highest BCUT2D eigenvalue weighted by Crippen LogP contribution is 2.59. The summed E-state index contributed by atoms with van der Waals surface area (Å²) in [5.41, 5.74) is 7.92. The van der Waals surface area contributed by atoms with Gasteiger partial charge in [0.25, 0.3) is 0 Å². The second kappa shape index (κ2) is 7.85. The van der Waals surface area contributed by atoms with Crippen molar-refractivity contribution < 1.29 is 5.11 Å². The summed E-state index contributed by atoms with van der Waals surface area (Å²) < 4.78 is 0. The van der Waals surface area contributed by atoms with Gasteiger partial charge in [0.15, 0.2) is 0 Å². The molecule has 4 fully saturated rings. The summed E-state index contributed by atoms with van der Waals surface area (Å²) in [5, 5.41) is 26.4. The number of nitrogens with two attached hydrogens (primary N) is 1. The standard InChI is InChI=1S/C23H27ClN6O/c24-19-2-1-18(31)5-16(19)10-27-22-28-11-17(9-25)21(30-22)29-12-23-6-13-3-14(7-23)20(26)15(4-13)8-23/h1-2,5,11,13-15,20,31H,3-4,6-8,10,12,26H2,(H2,27,28,29,30)/t13?,14-,15+,20?,23?.